The van der Waals surface area contributed by atoms with Crippen molar-refractivity contribution in [1.29, 1.82) is 0 Å². The molecule has 1 N–H and O–H groups in total. The van der Waals surface area contributed by atoms with Gasteiger partial charge in [-0.15, -0.1) is 11.3 Å². The van der Waals surface area contributed by atoms with Crippen molar-refractivity contribution in [3.05, 3.63) is 112 Å². The Morgan fingerprint density at radius 2 is 1.68 bits per heavy atom. The van der Waals surface area contributed by atoms with E-state index < -0.39 is 6.04 Å². The van der Waals surface area contributed by atoms with Crippen molar-refractivity contribution in [3.63, 3.8) is 0 Å². The molecule has 0 fully saturated rings. The highest BCUT2D eigenvalue weighted by Crippen LogP contribution is 2.27. The highest BCUT2D eigenvalue weighted by Gasteiger charge is 2.32. The number of nitrogens with one attached hydrogen (secondary N) is 1. The minimum absolute atomic E-state index is 0.141. The lowest BCUT2D eigenvalue weighted by Gasteiger charge is -2.31. The fourth-order valence-corrected chi connectivity index (χ4v) is 4.52. The number of nitrogens with zero attached hydrogens (tertiary/aromatic N) is 1. The molecule has 34 heavy (non-hydrogen) atoms. The number of rotatable bonds is 9. The molecule has 0 aliphatic rings. The van der Waals surface area contributed by atoms with Gasteiger partial charge >= 0.3 is 0 Å². The van der Waals surface area contributed by atoms with E-state index in [1.807, 2.05) is 78.2 Å². The van der Waals surface area contributed by atoms with Crippen LogP contribution in [0.15, 0.2) is 94.9 Å². The molecule has 0 unspecified atom stereocenters. The predicted molar refractivity (Wildman–Crippen MR) is 136 cm³/mol. The highest BCUT2D eigenvalue weighted by molar-refractivity contribution is 7.10. The van der Waals surface area contributed by atoms with Gasteiger partial charge in [-0.2, -0.15) is 0 Å². The average Bonchev–Trinajstić information content (AvgIpc) is 3.54. The summed E-state index contributed by atoms with van der Waals surface area (Å²) < 4.78 is 5.55. The second-order valence-corrected chi connectivity index (χ2v) is 9.47. The molecule has 6 heteroatoms. The molecule has 2 aromatic heterocycles. The number of hydrogen-bond acceptors (Lipinski definition) is 4. The predicted octanol–water partition coefficient (Wildman–Crippen LogP) is 6.42. The van der Waals surface area contributed by atoms with Crippen molar-refractivity contribution >= 4 is 28.8 Å². The Labute approximate surface area is 204 Å². The van der Waals surface area contributed by atoms with E-state index in [0.717, 1.165) is 10.4 Å². The molecule has 4 rings (SSSR count). The maximum atomic E-state index is 13.7. The molecule has 174 valence electrons. The van der Waals surface area contributed by atoms with Crippen LogP contribution in [-0.4, -0.2) is 16.7 Å². The van der Waals surface area contributed by atoms with Gasteiger partial charge in [-0.3, -0.25) is 9.59 Å². The molecule has 0 bridgehead atoms. The molecule has 0 saturated carbocycles. The molecule has 2 aromatic carbocycles. The zero-order valence-electron chi connectivity index (χ0n) is 19.3. The Morgan fingerprint density at radius 3 is 2.29 bits per heavy atom. The topological polar surface area (TPSA) is 62.6 Å². The van der Waals surface area contributed by atoms with E-state index in [4.69, 9.17) is 4.42 Å². The fraction of sp³-hybridized carbons (Fsp3) is 0.214. The van der Waals surface area contributed by atoms with Crippen LogP contribution in [0.1, 0.15) is 47.6 Å². The van der Waals surface area contributed by atoms with Gasteiger partial charge in [0.25, 0.3) is 5.91 Å². The standard InChI is InChI=1S/C28H28N2O3S/c1-20(2)21-12-14-23(15-13-21)29-28(32)27(22-8-4-3-5-9-22)30(19-24-10-6-16-33-24)26(31)18-25-11-7-17-34-25/h3-17,20,27H,18-19H2,1-2H3,(H,29,32)/t27-/m0/s1. The van der Waals surface area contributed by atoms with E-state index in [1.165, 1.54) is 16.9 Å². The molecular formula is C28H28N2O3S. The van der Waals surface area contributed by atoms with Gasteiger partial charge in [0.05, 0.1) is 19.2 Å². The van der Waals surface area contributed by atoms with Gasteiger partial charge in [0, 0.05) is 10.6 Å². The average molecular weight is 473 g/mol. The fourth-order valence-electron chi connectivity index (χ4n) is 3.83. The van der Waals surface area contributed by atoms with Crippen LogP contribution >= 0.6 is 11.3 Å². The number of benzene rings is 2. The first-order valence-corrected chi connectivity index (χ1v) is 12.2. The Kier molecular flexibility index (Phi) is 7.60. The Balaban J connectivity index is 1.66. The maximum Gasteiger partial charge on any atom is 0.251 e. The SMILES string of the molecule is CC(C)c1ccc(NC(=O)[C@H](c2ccccc2)N(Cc2ccco2)C(=O)Cc2cccs2)cc1. The lowest BCUT2D eigenvalue weighted by Crippen LogP contribution is -2.41. The lowest BCUT2D eigenvalue weighted by molar-refractivity contribution is -0.139. The number of thiophene rings is 1. The third-order valence-electron chi connectivity index (χ3n) is 5.65. The van der Waals surface area contributed by atoms with E-state index >= 15 is 0 Å². The zero-order chi connectivity index (χ0) is 23.9. The van der Waals surface area contributed by atoms with Crippen LogP contribution in [0.25, 0.3) is 0 Å². The van der Waals surface area contributed by atoms with E-state index in [-0.39, 0.29) is 24.8 Å². The second-order valence-electron chi connectivity index (χ2n) is 8.44. The summed E-state index contributed by atoms with van der Waals surface area (Å²) in [6.45, 7) is 4.45. The molecule has 0 spiro atoms. The van der Waals surface area contributed by atoms with Gasteiger partial charge in [0.15, 0.2) is 0 Å². The smallest absolute Gasteiger partial charge is 0.251 e. The molecule has 0 saturated heterocycles. The first-order chi connectivity index (χ1) is 16.5. The van der Waals surface area contributed by atoms with Crippen LogP contribution in [0.3, 0.4) is 0 Å². The largest absolute Gasteiger partial charge is 0.467 e. The maximum absolute atomic E-state index is 13.7. The molecule has 1 atom stereocenters. The third kappa shape index (κ3) is 5.83. The third-order valence-corrected chi connectivity index (χ3v) is 6.53. The summed E-state index contributed by atoms with van der Waals surface area (Å²) in [7, 11) is 0. The summed E-state index contributed by atoms with van der Waals surface area (Å²) in [5.41, 5.74) is 2.63. The van der Waals surface area contributed by atoms with E-state index in [9.17, 15) is 9.59 Å². The zero-order valence-corrected chi connectivity index (χ0v) is 20.1. The van der Waals surface area contributed by atoms with Crippen molar-refractivity contribution in [1.82, 2.24) is 4.90 Å². The molecule has 0 aliphatic carbocycles. The number of carbonyl (C=O) groups is 2. The minimum Gasteiger partial charge on any atom is -0.467 e. The molecule has 2 heterocycles. The lowest BCUT2D eigenvalue weighted by atomic mass is 10.0. The molecule has 0 aliphatic heterocycles. The number of hydrogen-bond donors (Lipinski definition) is 1. The van der Waals surface area contributed by atoms with E-state index in [2.05, 4.69) is 19.2 Å². The van der Waals surface area contributed by atoms with Crippen LogP contribution in [0.2, 0.25) is 0 Å². The van der Waals surface area contributed by atoms with Crippen LogP contribution in [0.5, 0.6) is 0 Å². The van der Waals surface area contributed by atoms with Gasteiger partial charge in [0.2, 0.25) is 5.91 Å². The Morgan fingerprint density at radius 1 is 0.912 bits per heavy atom. The van der Waals surface area contributed by atoms with Gasteiger partial charge in [-0.05, 0) is 52.8 Å². The molecule has 4 aromatic rings. The van der Waals surface area contributed by atoms with Crippen LogP contribution in [0, 0.1) is 0 Å². The van der Waals surface area contributed by atoms with Gasteiger partial charge in [-0.1, -0.05) is 62.4 Å². The summed E-state index contributed by atoms with van der Waals surface area (Å²) >= 11 is 1.53. The summed E-state index contributed by atoms with van der Waals surface area (Å²) in [5, 5.41) is 4.97. The van der Waals surface area contributed by atoms with Crippen LogP contribution < -0.4 is 5.32 Å². The molecule has 2 amide bonds. The Bertz CT molecular complexity index is 1180. The summed E-state index contributed by atoms with van der Waals surface area (Å²) in [4.78, 5) is 29.8. The van der Waals surface area contributed by atoms with Crippen molar-refractivity contribution in [3.8, 4) is 0 Å². The first kappa shape index (κ1) is 23.5. The highest BCUT2D eigenvalue weighted by atomic mass is 32.1. The summed E-state index contributed by atoms with van der Waals surface area (Å²) in [6, 6.07) is 23.9. The van der Waals surface area contributed by atoms with E-state index in [1.54, 1.807) is 17.2 Å². The Hall–Kier alpha value is -3.64. The van der Waals surface area contributed by atoms with Crippen LogP contribution in [-0.2, 0) is 22.6 Å². The molecule has 0 radical (unpaired) electrons. The first-order valence-electron chi connectivity index (χ1n) is 11.3. The van der Waals surface area contributed by atoms with Crippen molar-refractivity contribution in [2.75, 3.05) is 5.32 Å². The quantitative estimate of drug-likeness (QED) is 0.306. The van der Waals surface area contributed by atoms with Gasteiger partial charge in [-0.25, -0.2) is 0 Å². The van der Waals surface area contributed by atoms with Crippen molar-refractivity contribution in [2.45, 2.75) is 38.8 Å². The second kappa shape index (κ2) is 11.0. The summed E-state index contributed by atoms with van der Waals surface area (Å²) in [5.74, 6) is 0.614. The van der Waals surface area contributed by atoms with Gasteiger partial charge < -0.3 is 14.6 Å². The number of anilines is 1. The molecule has 5 nitrogen and oxygen atoms in total. The van der Waals surface area contributed by atoms with Gasteiger partial charge in [0.1, 0.15) is 11.8 Å². The number of amides is 2. The normalized spacial score (nSPS) is 11.9. The van der Waals surface area contributed by atoms with Crippen LogP contribution in [0.4, 0.5) is 5.69 Å². The van der Waals surface area contributed by atoms with Crippen molar-refractivity contribution < 1.29 is 14.0 Å². The van der Waals surface area contributed by atoms with Crippen molar-refractivity contribution in [2.24, 2.45) is 0 Å². The monoisotopic (exact) mass is 472 g/mol. The summed E-state index contributed by atoms with van der Waals surface area (Å²) in [6.07, 6.45) is 1.79. The molecular weight excluding hydrogens is 444 g/mol. The number of carbonyl (C=O) groups excluding carboxylic acids is 2. The number of furan rings is 1. The van der Waals surface area contributed by atoms with E-state index in [0.29, 0.717) is 17.4 Å². The minimum atomic E-state index is -0.816.